The molecule has 0 aliphatic carbocycles. The molecule has 0 bridgehead atoms. The third-order valence-corrected chi connectivity index (χ3v) is 2.46. The van der Waals surface area contributed by atoms with Crippen molar-refractivity contribution < 1.29 is 14.3 Å². The molecule has 0 spiro atoms. The topological polar surface area (TPSA) is 55.4 Å². The Morgan fingerprint density at radius 1 is 1.37 bits per heavy atom. The second-order valence-electron chi connectivity index (χ2n) is 4.21. The van der Waals surface area contributed by atoms with Gasteiger partial charge in [-0.05, 0) is 19.9 Å². The Hall–Kier alpha value is -1.81. The van der Waals surface area contributed by atoms with Gasteiger partial charge in [0.2, 0.25) is 0 Å². The van der Waals surface area contributed by atoms with Gasteiger partial charge in [-0.1, -0.05) is 24.8 Å². The number of halogens is 1. The normalized spacial score (nSPS) is 10.1. The molecular formula is C14H16ClNO3. The summed E-state index contributed by atoms with van der Waals surface area (Å²) in [7, 11) is 0. The number of carbonyl (C=O) groups is 2. The van der Waals surface area contributed by atoms with Crippen molar-refractivity contribution in [1.29, 1.82) is 0 Å². The van der Waals surface area contributed by atoms with Gasteiger partial charge < -0.3 is 10.1 Å². The summed E-state index contributed by atoms with van der Waals surface area (Å²) in [5, 5.41) is 2.73. The summed E-state index contributed by atoms with van der Waals surface area (Å²) >= 11 is 5.39. The fourth-order valence-corrected chi connectivity index (χ4v) is 1.48. The predicted molar refractivity (Wildman–Crippen MR) is 75.1 cm³/mol. The van der Waals surface area contributed by atoms with Gasteiger partial charge in [0, 0.05) is 17.2 Å². The lowest BCUT2D eigenvalue weighted by molar-refractivity contribution is -0.131. The Kier molecular flexibility index (Phi) is 5.57. The molecule has 102 valence electrons. The summed E-state index contributed by atoms with van der Waals surface area (Å²) in [6, 6.07) is 6.70. The molecule has 0 aliphatic heterocycles. The van der Waals surface area contributed by atoms with Crippen LogP contribution in [0.15, 0.2) is 30.8 Å². The molecular weight excluding hydrogens is 266 g/mol. The van der Waals surface area contributed by atoms with E-state index in [-0.39, 0.29) is 29.2 Å². The number of carbonyl (C=O) groups excluding carboxylic acids is 2. The Labute approximate surface area is 117 Å². The van der Waals surface area contributed by atoms with Crippen molar-refractivity contribution in [2.24, 2.45) is 0 Å². The average molecular weight is 282 g/mol. The van der Waals surface area contributed by atoms with E-state index in [0.717, 1.165) is 0 Å². The van der Waals surface area contributed by atoms with Gasteiger partial charge in [0.15, 0.2) is 0 Å². The van der Waals surface area contributed by atoms with E-state index in [4.69, 9.17) is 16.3 Å². The van der Waals surface area contributed by atoms with E-state index < -0.39 is 5.97 Å². The number of hydrogen-bond donors (Lipinski definition) is 1. The van der Waals surface area contributed by atoms with Gasteiger partial charge in [-0.2, -0.15) is 0 Å². The summed E-state index contributed by atoms with van der Waals surface area (Å²) in [5.41, 5.74) is 0.714. The number of amides is 1. The molecule has 0 unspecified atom stereocenters. The monoisotopic (exact) mass is 281 g/mol. The van der Waals surface area contributed by atoms with E-state index >= 15 is 0 Å². The molecule has 0 heterocycles. The molecule has 0 atom stereocenters. The summed E-state index contributed by atoms with van der Waals surface area (Å²) < 4.78 is 5.06. The first-order valence-electron chi connectivity index (χ1n) is 5.81. The van der Waals surface area contributed by atoms with Crippen LogP contribution in [0.4, 0.5) is 0 Å². The van der Waals surface area contributed by atoms with Gasteiger partial charge in [0.25, 0.3) is 5.91 Å². The van der Waals surface area contributed by atoms with Crippen LogP contribution in [-0.2, 0) is 9.59 Å². The molecule has 0 radical (unpaired) electrons. The van der Waals surface area contributed by atoms with Crippen LogP contribution >= 0.6 is 11.6 Å². The Balaban J connectivity index is 2.96. The molecule has 0 aromatic heterocycles. The second kappa shape index (κ2) is 6.95. The van der Waals surface area contributed by atoms with Crippen molar-refractivity contribution in [2.75, 3.05) is 5.88 Å². The molecule has 0 saturated carbocycles. The van der Waals surface area contributed by atoms with Gasteiger partial charge in [-0.15, -0.1) is 11.6 Å². The molecule has 5 heteroatoms. The lowest BCUT2D eigenvalue weighted by atomic mass is 10.1. The lowest BCUT2D eigenvalue weighted by Crippen LogP contribution is -2.30. The van der Waals surface area contributed by atoms with Crippen LogP contribution in [0.3, 0.4) is 0 Å². The number of hydrogen-bond acceptors (Lipinski definition) is 3. The maximum absolute atomic E-state index is 11.9. The first kappa shape index (κ1) is 15.2. The number of rotatable bonds is 5. The molecule has 0 saturated heterocycles. The smallest absolute Gasteiger partial charge is 0.326 e. The maximum atomic E-state index is 11.9. The maximum Gasteiger partial charge on any atom is 0.326 e. The van der Waals surface area contributed by atoms with E-state index in [0.29, 0.717) is 5.56 Å². The van der Waals surface area contributed by atoms with Gasteiger partial charge in [0.05, 0.1) is 0 Å². The number of ether oxygens (including phenoxy) is 1. The number of alkyl halides is 1. The standard InChI is InChI=1S/C14H16ClNO3/c1-9(2)16-14(18)10(3)11-6-4-5-7-12(11)19-13(17)8-15/h4-7,9H,3,8H2,1-2H3,(H,16,18). The molecule has 1 aromatic carbocycles. The zero-order valence-corrected chi connectivity index (χ0v) is 11.7. The third-order valence-electron chi connectivity index (χ3n) is 2.24. The minimum absolute atomic E-state index is 0.00167. The van der Waals surface area contributed by atoms with Crippen molar-refractivity contribution in [3.63, 3.8) is 0 Å². The lowest BCUT2D eigenvalue weighted by Gasteiger charge is -2.13. The molecule has 1 N–H and O–H groups in total. The third kappa shape index (κ3) is 4.41. The summed E-state index contributed by atoms with van der Waals surface area (Å²) in [6.45, 7) is 7.44. The van der Waals surface area contributed by atoms with Crippen molar-refractivity contribution in [1.82, 2.24) is 5.32 Å². The molecule has 19 heavy (non-hydrogen) atoms. The number of esters is 1. The van der Waals surface area contributed by atoms with E-state index in [1.54, 1.807) is 24.3 Å². The van der Waals surface area contributed by atoms with Gasteiger partial charge in [-0.25, -0.2) is 0 Å². The molecule has 4 nitrogen and oxygen atoms in total. The summed E-state index contributed by atoms with van der Waals surface area (Å²) in [6.07, 6.45) is 0. The van der Waals surface area contributed by atoms with Crippen LogP contribution in [0.5, 0.6) is 5.75 Å². The summed E-state index contributed by atoms with van der Waals surface area (Å²) in [5.74, 6) is -0.855. The second-order valence-corrected chi connectivity index (χ2v) is 4.48. The largest absolute Gasteiger partial charge is 0.425 e. The number of nitrogens with one attached hydrogen (secondary N) is 1. The average Bonchev–Trinajstić information content (AvgIpc) is 2.37. The highest BCUT2D eigenvalue weighted by atomic mass is 35.5. The van der Waals surface area contributed by atoms with E-state index in [1.165, 1.54) is 0 Å². The number of para-hydroxylation sites is 1. The Bertz CT molecular complexity index is 497. The molecule has 1 rings (SSSR count). The van der Waals surface area contributed by atoms with Crippen LogP contribution in [0.1, 0.15) is 19.4 Å². The summed E-state index contributed by atoms with van der Waals surface area (Å²) in [4.78, 5) is 23.1. The van der Waals surface area contributed by atoms with Crippen molar-refractivity contribution in [2.45, 2.75) is 19.9 Å². The van der Waals surface area contributed by atoms with Gasteiger partial charge >= 0.3 is 5.97 Å². The Morgan fingerprint density at radius 2 is 2.00 bits per heavy atom. The quantitative estimate of drug-likeness (QED) is 0.390. The van der Waals surface area contributed by atoms with Crippen molar-refractivity contribution in [3.8, 4) is 5.75 Å². The van der Waals surface area contributed by atoms with Crippen molar-refractivity contribution in [3.05, 3.63) is 36.4 Å². The molecule has 1 amide bonds. The zero-order chi connectivity index (χ0) is 14.4. The highest BCUT2D eigenvalue weighted by Gasteiger charge is 2.16. The van der Waals surface area contributed by atoms with Crippen LogP contribution in [0, 0.1) is 0 Å². The molecule has 0 aliphatic rings. The Morgan fingerprint density at radius 3 is 2.58 bits per heavy atom. The number of benzene rings is 1. The van der Waals surface area contributed by atoms with Crippen molar-refractivity contribution >= 4 is 29.1 Å². The molecule has 1 aromatic rings. The zero-order valence-electron chi connectivity index (χ0n) is 10.9. The van der Waals surface area contributed by atoms with Crippen LogP contribution in [-0.4, -0.2) is 23.8 Å². The van der Waals surface area contributed by atoms with Crippen LogP contribution < -0.4 is 10.1 Å². The minimum atomic E-state index is -0.578. The fraction of sp³-hybridized carbons (Fsp3) is 0.286. The first-order chi connectivity index (χ1) is 8.95. The first-order valence-corrected chi connectivity index (χ1v) is 6.35. The van der Waals surface area contributed by atoms with Crippen LogP contribution in [0.2, 0.25) is 0 Å². The van der Waals surface area contributed by atoms with E-state index in [9.17, 15) is 9.59 Å². The minimum Gasteiger partial charge on any atom is -0.425 e. The highest BCUT2D eigenvalue weighted by molar-refractivity contribution is 6.26. The fourth-order valence-electron chi connectivity index (χ4n) is 1.43. The highest BCUT2D eigenvalue weighted by Crippen LogP contribution is 2.25. The van der Waals surface area contributed by atoms with E-state index in [1.807, 2.05) is 13.8 Å². The van der Waals surface area contributed by atoms with Gasteiger partial charge in [-0.3, -0.25) is 9.59 Å². The molecule has 0 fully saturated rings. The van der Waals surface area contributed by atoms with Gasteiger partial charge in [0.1, 0.15) is 11.6 Å². The van der Waals surface area contributed by atoms with Crippen LogP contribution in [0.25, 0.3) is 5.57 Å². The SMILES string of the molecule is C=C(C(=O)NC(C)C)c1ccccc1OC(=O)CCl. The van der Waals surface area contributed by atoms with E-state index in [2.05, 4.69) is 11.9 Å². The predicted octanol–water partition coefficient (Wildman–Crippen LogP) is 2.37.